The highest BCUT2D eigenvalue weighted by atomic mass is 35.5. The van der Waals surface area contributed by atoms with Crippen LogP contribution < -0.4 is 16.0 Å². The highest BCUT2D eigenvalue weighted by Crippen LogP contribution is 2.35. The molecule has 1 saturated heterocycles. The SMILES string of the molecule is CC1CN(C(=O)C2=CSC(Nc3ncc4c(n3)-c3ccc(Cl)cc3C(c3c(F)cccc3F)=NC4)N2)CCN1. The fourth-order valence-electron chi connectivity index (χ4n) is 4.86. The second-order valence-electron chi connectivity index (χ2n) is 9.46. The van der Waals surface area contributed by atoms with Crippen molar-refractivity contribution in [1.29, 1.82) is 0 Å². The second-order valence-corrected chi connectivity index (χ2v) is 10.9. The predicted octanol–water partition coefficient (Wildman–Crippen LogP) is 4.12. The number of aliphatic imine (C=N–C) groups is 1. The number of nitrogens with one attached hydrogen (secondary N) is 3. The molecule has 3 N–H and O–H groups in total. The molecule has 4 heterocycles. The molecular formula is C27H24ClF2N7OS. The number of nitrogens with zero attached hydrogens (tertiary/aromatic N) is 4. The Bertz CT molecular complexity index is 1510. The molecule has 8 nitrogen and oxygen atoms in total. The zero-order valence-corrected chi connectivity index (χ0v) is 22.4. The van der Waals surface area contributed by atoms with E-state index < -0.39 is 11.6 Å². The molecule has 39 heavy (non-hydrogen) atoms. The van der Waals surface area contributed by atoms with Crippen LogP contribution in [0.25, 0.3) is 11.3 Å². The number of fused-ring (bicyclic) bond motifs is 3. The molecule has 1 amide bonds. The minimum Gasteiger partial charge on any atom is -0.352 e. The molecule has 0 aliphatic carbocycles. The van der Waals surface area contributed by atoms with Gasteiger partial charge in [-0.2, -0.15) is 0 Å². The van der Waals surface area contributed by atoms with Crippen molar-refractivity contribution >= 4 is 40.9 Å². The van der Waals surface area contributed by atoms with Gasteiger partial charge in [0.2, 0.25) is 5.95 Å². The van der Waals surface area contributed by atoms with Crippen LogP contribution >= 0.6 is 23.4 Å². The van der Waals surface area contributed by atoms with E-state index in [1.165, 1.54) is 30.0 Å². The van der Waals surface area contributed by atoms with E-state index in [-0.39, 0.29) is 35.3 Å². The molecule has 1 fully saturated rings. The number of halogens is 3. The first kappa shape index (κ1) is 25.7. The Morgan fingerprint density at radius 3 is 2.82 bits per heavy atom. The third kappa shape index (κ3) is 5.09. The van der Waals surface area contributed by atoms with E-state index in [0.29, 0.717) is 52.1 Å². The molecule has 3 aromatic rings. The molecule has 2 atom stereocenters. The number of piperazine rings is 1. The van der Waals surface area contributed by atoms with Crippen LogP contribution in [0.2, 0.25) is 5.02 Å². The van der Waals surface area contributed by atoms with Crippen LogP contribution in [-0.2, 0) is 11.3 Å². The summed E-state index contributed by atoms with van der Waals surface area (Å²) < 4.78 is 29.5. The van der Waals surface area contributed by atoms with Crippen molar-refractivity contribution in [3.63, 3.8) is 0 Å². The molecule has 6 rings (SSSR count). The number of anilines is 1. The first-order chi connectivity index (χ1) is 18.9. The van der Waals surface area contributed by atoms with Crippen LogP contribution in [-0.4, -0.2) is 57.7 Å². The summed E-state index contributed by atoms with van der Waals surface area (Å²) in [6, 6.07) is 9.07. The largest absolute Gasteiger partial charge is 0.352 e. The Labute approximate surface area is 233 Å². The minimum absolute atomic E-state index is 0.0427. The van der Waals surface area contributed by atoms with E-state index in [4.69, 9.17) is 16.6 Å². The maximum Gasteiger partial charge on any atom is 0.270 e. The Morgan fingerprint density at radius 2 is 2.03 bits per heavy atom. The summed E-state index contributed by atoms with van der Waals surface area (Å²) in [6.07, 6.45) is 1.65. The van der Waals surface area contributed by atoms with E-state index >= 15 is 0 Å². The lowest BCUT2D eigenvalue weighted by molar-refractivity contribution is -0.128. The van der Waals surface area contributed by atoms with Crippen LogP contribution in [0.3, 0.4) is 0 Å². The average Bonchev–Trinajstić information content (AvgIpc) is 3.32. The molecule has 0 radical (unpaired) electrons. The van der Waals surface area contributed by atoms with Crippen molar-refractivity contribution in [3.8, 4) is 11.3 Å². The molecule has 0 spiro atoms. The number of carbonyl (C=O) groups excluding carboxylic acids is 1. The number of hydrogen-bond acceptors (Lipinski definition) is 8. The summed E-state index contributed by atoms with van der Waals surface area (Å²) in [4.78, 5) is 28.5. The van der Waals surface area contributed by atoms with Gasteiger partial charge in [0.05, 0.1) is 23.5 Å². The van der Waals surface area contributed by atoms with E-state index in [9.17, 15) is 13.6 Å². The van der Waals surface area contributed by atoms with Gasteiger partial charge in [-0.25, -0.2) is 18.7 Å². The van der Waals surface area contributed by atoms with E-state index in [0.717, 1.165) is 6.54 Å². The number of rotatable bonds is 4. The van der Waals surface area contributed by atoms with Gasteiger partial charge in [-0.15, -0.1) is 0 Å². The van der Waals surface area contributed by atoms with Crippen LogP contribution in [0.5, 0.6) is 0 Å². The lowest BCUT2D eigenvalue weighted by Gasteiger charge is -2.32. The van der Waals surface area contributed by atoms with Gasteiger partial charge < -0.3 is 20.9 Å². The molecule has 0 saturated carbocycles. The Morgan fingerprint density at radius 1 is 1.21 bits per heavy atom. The maximum absolute atomic E-state index is 14.8. The number of thioether (sulfide) groups is 1. The molecule has 1 aromatic heterocycles. The fourth-order valence-corrected chi connectivity index (χ4v) is 5.84. The monoisotopic (exact) mass is 567 g/mol. The Hall–Kier alpha value is -3.54. The third-order valence-corrected chi connectivity index (χ3v) is 7.83. The highest BCUT2D eigenvalue weighted by Gasteiger charge is 2.29. The average molecular weight is 568 g/mol. The van der Waals surface area contributed by atoms with Gasteiger partial charge in [0.25, 0.3) is 5.91 Å². The number of benzene rings is 2. The summed E-state index contributed by atoms with van der Waals surface area (Å²) in [5.41, 5.74) is 2.51. The topological polar surface area (TPSA) is 94.5 Å². The summed E-state index contributed by atoms with van der Waals surface area (Å²) in [5.74, 6) is -1.13. The van der Waals surface area contributed by atoms with Gasteiger partial charge in [-0.3, -0.25) is 9.79 Å². The molecule has 2 unspecified atom stereocenters. The van der Waals surface area contributed by atoms with Gasteiger partial charge in [0, 0.05) is 59.0 Å². The van der Waals surface area contributed by atoms with Gasteiger partial charge in [0.1, 0.15) is 17.3 Å². The number of amides is 1. The summed E-state index contributed by atoms with van der Waals surface area (Å²) in [5, 5.41) is 12.0. The molecule has 2 aromatic carbocycles. The molecular weight excluding hydrogens is 544 g/mol. The zero-order chi connectivity index (χ0) is 27.1. The van der Waals surface area contributed by atoms with Crippen LogP contribution in [0, 0.1) is 11.6 Å². The highest BCUT2D eigenvalue weighted by molar-refractivity contribution is 8.03. The second kappa shape index (κ2) is 10.6. The van der Waals surface area contributed by atoms with Crippen molar-refractivity contribution in [2.24, 2.45) is 4.99 Å². The smallest absolute Gasteiger partial charge is 0.270 e. The zero-order valence-electron chi connectivity index (χ0n) is 20.8. The Balaban J connectivity index is 1.26. The van der Waals surface area contributed by atoms with E-state index in [1.54, 1.807) is 29.8 Å². The third-order valence-electron chi connectivity index (χ3n) is 6.72. The molecule has 3 aliphatic rings. The van der Waals surface area contributed by atoms with E-state index in [1.807, 2.05) is 4.90 Å². The molecule has 200 valence electrons. The standard InChI is InChI=1S/C27H24ClF2N7OS/c1-14-12-37(8-7-31-14)25(38)21-13-39-27(34-21)36-26-33-11-15-10-32-24(22-19(29)3-2-4-20(22)30)18-9-16(28)5-6-17(18)23(15)35-26/h2-6,9,11,13-14,27,31,34H,7-8,10,12H2,1H3,(H,33,35,36). The first-order valence-corrected chi connectivity index (χ1v) is 13.8. The van der Waals surface area contributed by atoms with Crippen LogP contribution in [0.4, 0.5) is 14.7 Å². The normalized spacial score (nSPS) is 20.3. The summed E-state index contributed by atoms with van der Waals surface area (Å²) in [7, 11) is 0. The van der Waals surface area contributed by atoms with Crippen molar-refractivity contribution in [1.82, 2.24) is 25.5 Å². The van der Waals surface area contributed by atoms with Gasteiger partial charge in [0.15, 0.2) is 5.50 Å². The lowest BCUT2D eigenvalue weighted by Crippen LogP contribution is -2.52. The number of carbonyl (C=O) groups is 1. The van der Waals surface area contributed by atoms with E-state index in [2.05, 4.69) is 32.9 Å². The summed E-state index contributed by atoms with van der Waals surface area (Å²) >= 11 is 7.72. The van der Waals surface area contributed by atoms with Gasteiger partial charge in [-0.05, 0) is 31.2 Å². The number of aromatic nitrogens is 2. The van der Waals surface area contributed by atoms with Crippen LogP contribution in [0.1, 0.15) is 23.6 Å². The molecule has 3 aliphatic heterocycles. The van der Waals surface area contributed by atoms with Gasteiger partial charge in [-0.1, -0.05) is 35.5 Å². The molecule has 12 heteroatoms. The van der Waals surface area contributed by atoms with Crippen molar-refractivity contribution in [3.05, 3.63) is 87.0 Å². The quantitative estimate of drug-likeness (QED) is 0.437. The van der Waals surface area contributed by atoms with Gasteiger partial charge >= 0.3 is 0 Å². The maximum atomic E-state index is 14.8. The predicted molar refractivity (Wildman–Crippen MR) is 148 cm³/mol. The van der Waals surface area contributed by atoms with Crippen molar-refractivity contribution in [2.45, 2.75) is 25.0 Å². The lowest BCUT2D eigenvalue weighted by atomic mass is 9.95. The van der Waals surface area contributed by atoms with Crippen molar-refractivity contribution in [2.75, 3.05) is 25.0 Å². The first-order valence-electron chi connectivity index (χ1n) is 12.4. The summed E-state index contributed by atoms with van der Waals surface area (Å²) in [6.45, 7) is 4.25. The fraction of sp³-hybridized carbons (Fsp3) is 0.259. The van der Waals surface area contributed by atoms with Crippen molar-refractivity contribution < 1.29 is 13.6 Å². The molecule has 0 bridgehead atoms. The Kier molecular flexibility index (Phi) is 6.96. The number of hydrogen-bond donors (Lipinski definition) is 3. The van der Waals surface area contributed by atoms with Crippen LogP contribution in [0.15, 0.2) is 58.7 Å². The minimum atomic E-state index is -0.712.